The number of nitrogens with one attached hydrogen (secondary N) is 1. The van der Waals surface area contributed by atoms with Crippen molar-refractivity contribution in [3.8, 4) is 11.6 Å². The van der Waals surface area contributed by atoms with E-state index < -0.39 is 5.95 Å². The second kappa shape index (κ2) is 6.73. The summed E-state index contributed by atoms with van der Waals surface area (Å²) in [7, 11) is 0. The molecule has 5 aromatic heterocycles. The summed E-state index contributed by atoms with van der Waals surface area (Å²) in [6.45, 7) is 2.68. The summed E-state index contributed by atoms with van der Waals surface area (Å²) >= 11 is 0. The summed E-state index contributed by atoms with van der Waals surface area (Å²) < 4.78 is 21.3. The number of nitrogens with zero attached hydrogens (tertiary/aromatic N) is 7. The Labute approximate surface area is 175 Å². The highest BCUT2D eigenvalue weighted by Gasteiger charge is 2.36. The van der Waals surface area contributed by atoms with Crippen molar-refractivity contribution in [1.82, 2.24) is 34.8 Å². The largest absolute Gasteiger partial charge is 0.402 e. The molecule has 31 heavy (non-hydrogen) atoms. The number of pyridine rings is 2. The number of anilines is 1. The van der Waals surface area contributed by atoms with Gasteiger partial charge in [0.05, 0.1) is 23.2 Å². The molecule has 0 radical (unpaired) electrons. The highest BCUT2D eigenvalue weighted by atomic mass is 19.1. The van der Waals surface area contributed by atoms with Gasteiger partial charge in [0.25, 0.3) is 5.89 Å². The first-order chi connectivity index (χ1) is 15.2. The van der Waals surface area contributed by atoms with Crippen LogP contribution in [0.4, 0.5) is 10.4 Å². The average Bonchev–Trinajstić information content (AvgIpc) is 3.52. The minimum atomic E-state index is -0.602. The third-order valence-corrected chi connectivity index (χ3v) is 5.53. The molecule has 0 unspecified atom stereocenters. The Kier molecular flexibility index (Phi) is 3.85. The monoisotopic (exact) mass is 416 g/mol. The van der Waals surface area contributed by atoms with E-state index in [2.05, 4.69) is 44.2 Å². The fraction of sp³-hybridized carbons (Fsp3) is 0.190. The molecule has 0 fully saturated rings. The minimum absolute atomic E-state index is 0.159. The second-order valence-electron chi connectivity index (χ2n) is 7.44. The van der Waals surface area contributed by atoms with Crippen molar-refractivity contribution >= 4 is 11.5 Å². The molecule has 5 aromatic rings. The number of rotatable bonds is 3. The Morgan fingerprint density at radius 2 is 2.13 bits per heavy atom. The van der Waals surface area contributed by atoms with E-state index in [1.165, 1.54) is 6.07 Å². The van der Waals surface area contributed by atoms with Gasteiger partial charge < -0.3 is 14.3 Å². The van der Waals surface area contributed by atoms with E-state index >= 15 is 0 Å². The quantitative estimate of drug-likeness (QED) is 0.451. The molecule has 6 rings (SSSR count). The van der Waals surface area contributed by atoms with Crippen LogP contribution in [0.5, 0.6) is 0 Å². The van der Waals surface area contributed by atoms with Crippen LogP contribution in [0.15, 0.2) is 53.3 Å². The molecule has 1 aliphatic heterocycles. The molecule has 0 spiro atoms. The highest BCUT2D eigenvalue weighted by Crippen LogP contribution is 2.37. The Hall–Kier alpha value is -4.08. The maximum atomic E-state index is 13.5. The van der Waals surface area contributed by atoms with Crippen LogP contribution in [0.25, 0.3) is 17.1 Å². The normalized spacial score (nSPS) is 16.1. The number of fused-ring (bicyclic) bond motifs is 2. The van der Waals surface area contributed by atoms with Gasteiger partial charge in [-0.1, -0.05) is 17.2 Å². The first kappa shape index (κ1) is 17.8. The van der Waals surface area contributed by atoms with Crippen molar-refractivity contribution in [3.63, 3.8) is 0 Å². The molecule has 0 bridgehead atoms. The first-order valence-electron chi connectivity index (χ1n) is 9.87. The van der Waals surface area contributed by atoms with Crippen LogP contribution in [0.2, 0.25) is 0 Å². The zero-order valence-corrected chi connectivity index (χ0v) is 16.5. The molecular weight excluding hydrogens is 399 g/mol. The number of imidazole rings is 1. The molecule has 0 saturated carbocycles. The van der Waals surface area contributed by atoms with E-state index in [4.69, 9.17) is 9.52 Å². The van der Waals surface area contributed by atoms with Gasteiger partial charge in [-0.3, -0.25) is 0 Å². The maximum absolute atomic E-state index is 13.5. The van der Waals surface area contributed by atoms with Crippen LogP contribution in [-0.4, -0.2) is 41.3 Å². The number of hydrogen-bond acceptors (Lipinski definition) is 7. The molecule has 1 aliphatic rings. The number of aromatic nitrogens is 7. The van der Waals surface area contributed by atoms with Gasteiger partial charge in [0.1, 0.15) is 11.7 Å². The Bertz CT molecular complexity index is 1400. The van der Waals surface area contributed by atoms with Crippen molar-refractivity contribution < 1.29 is 8.81 Å². The van der Waals surface area contributed by atoms with Gasteiger partial charge in [0, 0.05) is 24.9 Å². The number of aromatic amines is 1. The number of hydrogen-bond donors (Lipinski definition) is 1. The van der Waals surface area contributed by atoms with Gasteiger partial charge >= 0.3 is 6.01 Å². The van der Waals surface area contributed by atoms with Crippen molar-refractivity contribution in [2.75, 3.05) is 11.4 Å². The Morgan fingerprint density at radius 3 is 3.00 bits per heavy atom. The fourth-order valence-electron chi connectivity index (χ4n) is 4.05. The van der Waals surface area contributed by atoms with Gasteiger partial charge in [-0.15, -0.1) is 5.10 Å². The lowest BCUT2D eigenvalue weighted by Gasteiger charge is -2.32. The van der Waals surface area contributed by atoms with Gasteiger partial charge in [0.2, 0.25) is 5.95 Å². The molecule has 0 aliphatic carbocycles. The average molecular weight is 416 g/mol. The van der Waals surface area contributed by atoms with Gasteiger partial charge in [-0.05, 0) is 36.8 Å². The van der Waals surface area contributed by atoms with Crippen molar-refractivity contribution in [1.29, 1.82) is 0 Å². The zero-order valence-electron chi connectivity index (χ0n) is 16.5. The van der Waals surface area contributed by atoms with E-state index in [-0.39, 0.29) is 17.6 Å². The Morgan fingerprint density at radius 1 is 1.19 bits per heavy atom. The molecule has 0 amide bonds. The molecule has 0 saturated heterocycles. The van der Waals surface area contributed by atoms with E-state index in [9.17, 15) is 4.39 Å². The summed E-state index contributed by atoms with van der Waals surface area (Å²) in [5, 5.41) is 13.1. The standard InChI is InChI=1S/C21H17FN8O/c1-12-4-3-8-30-16(12)10-15(28-30)19-18-13(23-11-24-18)7-9-29(19)21-27-26-20(31-21)14-5-2-6-17(22)25-14/h2-6,8,10-11,19H,7,9H2,1H3,(H,23,24)/t19-/m0/s1. The molecule has 10 heteroatoms. The SMILES string of the molecule is Cc1cccn2nc([C@H]3c4nc[nH]c4CCN3c3nnc(-c4cccc(F)n4)o3)cc12. The van der Waals surface area contributed by atoms with E-state index in [1.54, 1.807) is 18.5 Å². The fourth-order valence-corrected chi connectivity index (χ4v) is 4.05. The summed E-state index contributed by atoms with van der Waals surface area (Å²) in [6, 6.07) is 10.5. The smallest absolute Gasteiger partial charge is 0.319 e. The van der Waals surface area contributed by atoms with Crippen molar-refractivity contribution in [3.05, 3.63) is 77.5 Å². The molecule has 1 N–H and O–H groups in total. The first-order valence-corrected chi connectivity index (χ1v) is 9.87. The summed E-state index contributed by atoms with van der Waals surface area (Å²) in [4.78, 5) is 13.6. The highest BCUT2D eigenvalue weighted by molar-refractivity contribution is 5.57. The number of halogens is 1. The van der Waals surface area contributed by atoms with E-state index in [0.29, 0.717) is 12.6 Å². The van der Waals surface area contributed by atoms with Gasteiger partial charge in [-0.2, -0.15) is 9.49 Å². The molecule has 6 heterocycles. The number of H-pyrrole nitrogens is 1. The van der Waals surface area contributed by atoms with Crippen molar-refractivity contribution in [2.24, 2.45) is 0 Å². The van der Waals surface area contributed by atoms with Gasteiger partial charge in [0.15, 0.2) is 0 Å². The predicted molar refractivity (Wildman–Crippen MR) is 109 cm³/mol. The van der Waals surface area contributed by atoms with Crippen LogP contribution < -0.4 is 4.90 Å². The van der Waals surface area contributed by atoms with E-state index in [0.717, 1.165) is 34.6 Å². The lowest BCUT2D eigenvalue weighted by Crippen LogP contribution is -2.36. The van der Waals surface area contributed by atoms with Gasteiger partial charge in [-0.25, -0.2) is 14.5 Å². The minimum Gasteiger partial charge on any atom is -0.402 e. The van der Waals surface area contributed by atoms with Crippen LogP contribution in [0, 0.1) is 12.9 Å². The predicted octanol–water partition coefficient (Wildman–Crippen LogP) is 3.10. The molecule has 154 valence electrons. The summed E-state index contributed by atoms with van der Waals surface area (Å²) in [5.74, 6) is -0.443. The molecular formula is C21H17FN8O. The third kappa shape index (κ3) is 2.87. The Balaban J connectivity index is 1.45. The van der Waals surface area contributed by atoms with Crippen LogP contribution in [0.1, 0.15) is 28.7 Å². The van der Waals surface area contributed by atoms with Crippen molar-refractivity contribution in [2.45, 2.75) is 19.4 Å². The number of aryl methyl sites for hydroxylation is 1. The zero-order chi connectivity index (χ0) is 20.9. The van der Waals surface area contributed by atoms with Crippen LogP contribution >= 0.6 is 0 Å². The maximum Gasteiger partial charge on any atom is 0.319 e. The molecule has 1 atom stereocenters. The molecule has 9 nitrogen and oxygen atoms in total. The summed E-state index contributed by atoms with van der Waals surface area (Å²) in [5.41, 5.74) is 5.19. The summed E-state index contributed by atoms with van der Waals surface area (Å²) in [6.07, 6.45) is 4.36. The van der Waals surface area contributed by atoms with Crippen LogP contribution in [-0.2, 0) is 6.42 Å². The lowest BCUT2D eigenvalue weighted by atomic mass is 10.00. The lowest BCUT2D eigenvalue weighted by molar-refractivity contribution is 0.501. The second-order valence-corrected chi connectivity index (χ2v) is 7.44. The molecule has 0 aromatic carbocycles. The topological polar surface area (TPSA) is 101 Å². The van der Waals surface area contributed by atoms with Crippen LogP contribution in [0.3, 0.4) is 0 Å². The third-order valence-electron chi connectivity index (χ3n) is 5.53. The van der Waals surface area contributed by atoms with E-state index in [1.807, 2.05) is 21.7 Å².